The van der Waals surface area contributed by atoms with E-state index in [9.17, 15) is 0 Å². The summed E-state index contributed by atoms with van der Waals surface area (Å²) in [4.78, 5) is 5.16. The third-order valence-electron chi connectivity index (χ3n) is 2.45. The Hall–Kier alpha value is -2.21. The average molecular weight is 211 g/mol. The van der Waals surface area contributed by atoms with Crippen molar-refractivity contribution in [3.05, 3.63) is 42.0 Å². The SMILES string of the molecule is CN(C)c1[nH]c(-c2ccccc2)cc1C#N. The number of H-pyrrole nitrogens is 1. The largest absolute Gasteiger partial charge is 0.363 e. The molecule has 0 saturated heterocycles. The van der Waals surface area contributed by atoms with Gasteiger partial charge in [-0.2, -0.15) is 5.26 Å². The highest BCUT2D eigenvalue weighted by molar-refractivity contribution is 5.68. The first kappa shape index (κ1) is 10.3. The van der Waals surface area contributed by atoms with Gasteiger partial charge in [0.05, 0.1) is 5.56 Å². The van der Waals surface area contributed by atoms with Gasteiger partial charge in [-0.1, -0.05) is 30.3 Å². The van der Waals surface area contributed by atoms with Crippen molar-refractivity contribution in [2.45, 2.75) is 0 Å². The van der Waals surface area contributed by atoms with E-state index in [0.717, 1.165) is 17.1 Å². The van der Waals surface area contributed by atoms with Gasteiger partial charge >= 0.3 is 0 Å². The van der Waals surface area contributed by atoms with E-state index in [1.54, 1.807) is 0 Å². The molecule has 1 aromatic heterocycles. The van der Waals surface area contributed by atoms with E-state index in [-0.39, 0.29) is 0 Å². The van der Waals surface area contributed by atoms with E-state index < -0.39 is 0 Å². The number of nitrogens with one attached hydrogen (secondary N) is 1. The second-order valence-electron chi connectivity index (χ2n) is 3.82. The van der Waals surface area contributed by atoms with Crippen LogP contribution in [0.1, 0.15) is 5.56 Å². The maximum absolute atomic E-state index is 9.03. The van der Waals surface area contributed by atoms with Crippen LogP contribution in [0.15, 0.2) is 36.4 Å². The molecule has 0 spiro atoms. The molecule has 2 rings (SSSR count). The molecule has 1 heterocycles. The maximum atomic E-state index is 9.03. The second kappa shape index (κ2) is 4.11. The minimum atomic E-state index is 0.670. The first-order valence-corrected chi connectivity index (χ1v) is 5.08. The molecule has 3 nitrogen and oxygen atoms in total. The fourth-order valence-electron chi connectivity index (χ4n) is 1.65. The summed E-state index contributed by atoms with van der Waals surface area (Å²) in [5.41, 5.74) is 2.73. The predicted octanol–water partition coefficient (Wildman–Crippen LogP) is 2.62. The van der Waals surface area contributed by atoms with E-state index >= 15 is 0 Å². The maximum Gasteiger partial charge on any atom is 0.124 e. The smallest absolute Gasteiger partial charge is 0.124 e. The van der Waals surface area contributed by atoms with Crippen LogP contribution in [0.2, 0.25) is 0 Å². The fraction of sp³-hybridized carbons (Fsp3) is 0.154. The predicted molar refractivity (Wildman–Crippen MR) is 65.3 cm³/mol. The molecular weight excluding hydrogens is 198 g/mol. The summed E-state index contributed by atoms with van der Waals surface area (Å²) in [6.45, 7) is 0. The number of aromatic nitrogens is 1. The van der Waals surface area contributed by atoms with Crippen LogP contribution in [0.4, 0.5) is 5.82 Å². The van der Waals surface area contributed by atoms with Crippen molar-refractivity contribution in [1.82, 2.24) is 4.98 Å². The topological polar surface area (TPSA) is 42.8 Å². The van der Waals surface area contributed by atoms with Crippen molar-refractivity contribution in [2.75, 3.05) is 19.0 Å². The molecule has 2 aromatic rings. The van der Waals surface area contributed by atoms with Gasteiger partial charge in [-0.25, -0.2) is 0 Å². The van der Waals surface area contributed by atoms with Crippen molar-refractivity contribution < 1.29 is 0 Å². The Labute approximate surface area is 94.9 Å². The lowest BCUT2D eigenvalue weighted by atomic mass is 10.1. The van der Waals surface area contributed by atoms with Crippen LogP contribution in [0.25, 0.3) is 11.3 Å². The zero-order valence-electron chi connectivity index (χ0n) is 9.36. The van der Waals surface area contributed by atoms with Gasteiger partial charge < -0.3 is 9.88 Å². The number of rotatable bonds is 2. The molecule has 0 aliphatic rings. The lowest BCUT2D eigenvalue weighted by molar-refractivity contribution is 1.08. The lowest BCUT2D eigenvalue weighted by Crippen LogP contribution is -2.10. The summed E-state index contributed by atoms with van der Waals surface area (Å²) in [6, 6.07) is 14.1. The zero-order chi connectivity index (χ0) is 11.5. The van der Waals surface area contributed by atoms with Crippen LogP contribution in [-0.4, -0.2) is 19.1 Å². The van der Waals surface area contributed by atoms with E-state index in [2.05, 4.69) is 11.1 Å². The van der Waals surface area contributed by atoms with Crippen LogP contribution in [-0.2, 0) is 0 Å². The highest BCUT2D eigenvalue weighted by atomic mass is 15.1. The van der Waals surface area contributed by atoms with Crippen LogP contribution >= 0.6 is 0 Å². The summed E-state index contributed by atoms with van der Waals surface area (Å²) in [5.74, 6) is 0.848. The van der Waals surface area contributed by atoms with Gasteiger partial charge in [0, 0.05) is 19.8 Å². The van der Waals surface area contributed by atoms with Gasteiger partial charge in [0.2, 0.25) is 0 Å². The molecule has 0 unspecified atom stereocenters. The number of aromatic amines is 1. The highest BCUT2D eigenvalue weighted by Gasteiger charge is 2.10. The van der Waals surface area contributed by atoms with Crippen LogP contribution in [0.3, 0.4) is 0 Å². The standard InChI is InChI=1S/C13H13N3/c1-16(2)13-11(9-14)8-12(15-13)10-6-4-3-5-7-10/h3-8,15H,1-2H3. The molecular formula is C13H13N3. The first-order chi connectivity index (χ1) is 7.72. The highest BCUT2D eigenvalue weighted by Crippen LogP contribution is 2.25. The van der Waals surface area contributed by atoms with Gasteiger partial charge in [0.15, 0.2) is 0 Å². The second-order valence-corrected chi connectivity index (χ2v) is 3.82. The Morgan fingerprint density at radius 1 is 1.19 bits per heavy atom. The van der Waals surface area contributed by atoms with Crippen LogP contribution in [0, 0.1) is 11.3 Å². The van der Waals surface area contributed by atoms with Crippen molar-refractivity contribution in [1.29, 1.82) is 5.26 Å². The van der Waals surface area contributed by atoms with Gasteiger partial charge in [0.1, 0.15) is 11.9 Å². The molecule has 3 heteroatoms. The van der Waals surface area contributed by atoms with E-state index in [1.807, 2.05) is 55.4 Å². The number of nitrogens with zero attached hydrogens (tertiary/aromatic N) is 2. The zero-order valence-corrected chi connectivity index (χ0v) is 9.36. The minimum Gasteiger partial charge on any atom is -0.363 e. The molecule has 0 amide bonds. The Morgan fingerprint density at radius 2 is 1.88 bits per heavy atom. The number of benzene rings is 1. The summed E-state index contributed by atoms with van der Waals surface area (Å²) < 4.78 is 0. The number of anilines is 1. The molecule has 1 N–H and O–H groups in total. The molecule has 0 aliphatic carbocycles. The Balaban J connectivity index is 2.49. The average Bonchev–Trinajstić information content (AvgIpc) is 2.74. The van der Waals surface area contributed by atoms with Gasteiger partial charge in [-0.05, 0) is 11.6 Å². The van der Waals surface area contributed by atoms with Gasteiger partial charge in [0.25, 0.3) is 0 Å². The molecule has 0 radical (unpaired) electrons. The van der Waals surface area contributed by atoms with E-state index in [4.69, 9.17) is 5.26 Å². The van der Waals surface area contributed by atoms with E-state index in [0.29, 0.717) is 5.56 Å². The number of hydrogen-bond acceptors (Lipinski definition) is 2. The van der Waals surface area contributed by atoms with Crippen molar-refractivity contribution in [3.63, 3.8) is 0 Å². The minimum absolute atomic E-state index is 0.670. The number of hydrogen-bond donors (Lipinski definition) is 1. The Morgan fingerprint density at radius 3 is 2.38 bits per heavy atom. The molecule has 0 bridgehead atoms. The van der Waals surface area contributed by atoms with Gasteiger partial charge in [-0.15, -0.1) is 0 Å². The Kier molecular flexibility index (Phi) is 2.65. The molecule has 0 fully saturated rings. The molecule has 0 saturated carbocycles. The lowest BCUT2D eigenvalue weighted by Gasteiger charge is -2.09. The van der Waals surface area contributed by atoms with Crippen LogP contribution in [0.5, 0.6) is 0 Å². The molecule has 1 aromatic carbocycles. The third-order valence-corrected chi connectivity index (χ3v) is 2.45. The molecule has 0 atom stereocenters. The monoisotopic (exact) mass is 211 g/mol. The normalized spacial score (nSPS) is 9.81. The van der Waals surface area contributed by atoms with Crippen molar-refractivity contribution in [3.8, 4) is 17.3 Å². The van der Waals surface area contributed by atoms with Crippen LogP contribution < -0.4 is 4.90 Å². The summed E-state index contributed by atoms with van der Waals surface area (Å²) >= 11 is 0. The summed E-state index contributed by atoms with van der Waals surface area (Å²) in [5, 5.41) is 9.03. The molecule has 0 aliphatic heterocycles. The summed E-state index contributed by atoms with van der Waals surface area (Å²) in [6.07, 6.45) is 0. The quantitative estimate of drug-likeness (QED) is 0.829. The fourth-order valence-corrected chi connectivity index (χ4v) is 1.65. The first-order valence-electron chi connectivity index (χ1n) is 5.08. The van der Waals surface area contributed by atoms with E-state index in [1.165, 1.54) is 0 Å². The van der Waals surface area contributed by atoms with Gasteiger partial charge in [-0.3, -0.25) is 0 Å². The van der Waals surface area contributed by atoms with Crippen molar-refractivity contribution in [2.24, 2.45) is 0 Å². The molecule has 16 heavy (non-hydrogen) atoms. The number of nitriles is 1. The van der Waals surface area contributed by atoms with Crippen molar-refractivity contribution >= 4 is 5.82 Å². The summed E-state index contributed by atoms with van der Waals surface area (Å²) in [7, 11) is 3.84. The molecule has 80 valence electrons. The Bertz CT molecular complexity index is 518. The third kappa shape index (κ3) is 1.78.